The van der Waals surface area contributed by atoms with Crippen LogP contribution < -0.4 is 10.6 Å². The maximum Gasteiger partial charge on any atom is 0.337 e. The highest BCUT2D eigenvalue weighted by Crippen LogP contribution is 2.18. The standard InChI is InChI=1S/C22H19N3O4/c1-14(26)15-3-7-18(8-4-15)25-21(27)20-12-11-19(13-23-20)24-17-9-5-16(6-10-17)22(28)29-2/h3-13,24H,1-2H3,(H,25,27). The molecule has 3 aromatic rings. The smallest absolute Gasteiger partial charge is 0.337 e. The summed E-state index contributed by atoms with van der Waals surface area (Å²) in [7, 11) is 1.33. The third-order valence-electron chi connectivity index (χ3n) is 4.14. The van der Waals surface area contributed by atoms with Crippen LogP contribution in [0.2, 0.25) is 0 Å². The van der Waals surface area contributed by atoms with Gasteiger partial charge in [-0.1, -0.05) is 0 Å². The van der Waals surface area contributed by atoms with E-state index in [1.807, 2.05) is 0 Å². The summed E-state index contributed by atoms with van der Waals surface area (Å²) in [5.74, 6) is -0.786. The second kappa shape index (κ2) is 8.79. The fourth-order valence-electron chi connectivity index (χ4n) is 2.56. The lowest BCUT2D eigenvalue weighted by atomic mass is 10.1. The minimum atomic E-state index is -0.399. The van der Waals surface area contributed by atoms with Gasteiger partial charge in [0.05, 0.1) is 24.6 Å². The summed E-state index contributed by atoms with van der Waals surface area (Å²) < 4.78 is 4.67. The molecule has 0 bridgehead atoms. The fourth-order valence-corrected chi connectivity index (χ4v) is 2.56. The van der Waals surface area contributed by atoms with Crippen molar-refractivity contribution in [3.8, 4) is 0 Å². The molecule has 0 radical (unpaired) electrons. The van der Waals surface area contributed by atoms with E-state index in [1.54, 1.807) is 66.9 Å². The van der Waals surface area contributed by atoms with E-state index < -0.39 is 5.97 Å². The molecule has 7 nitrogen and oxygen atoms in total. The first-order chi connectivity index (χ1) is 14.0. The second-order valence-corrected chi connectivity index (χ2v) is 6.21. The van der Waals surface area contributed by atoms with E-state index in [9.17, 15) is 14.4 Å². The molecule has 0 saturated carbocycles. The molecule has 0 fully saturated rings. The summed E-state index contributed by atoms with van der Waals surface area (Å²) in [4.78, 5) is 39.3. The number of anilines is 3. The van der Waals surface area contributed by atoms with E-state index in [1.165, 1.54) is 14.0 Å². The van der Waals surface area contributed by atoms with Gasteiger partial charge >= 0.3 is 5.97 Å². The lowest BCUT2D eigenvalue weighted by Gasteiger charge is -2.08. The molecular formula is C22H19N3O4. The van der Waals surface area contributed by atoms with Gasteiger partial charge in [-0.25, -0.2) is 9.78 Å². The first kappa shape index (κ1) is 19.8. The molecule has 0 spiro atoms. The number of benzene rings is 2. The molecule has 0 aliphatic rings. The number of hydrogen-bond acceptors (Lipinski definition) is 6. The maximum atomic E-state index is 12.3. The quantitative estimate of drug-likeness (QED) is 0.487. The summed E-state index contributed by atoms with van der Waals surface area (Å²) in [6.07, 6.45) is 1.54. The molecule has 1 amide bonds. The van der Waals surface area contributed by atoms with Crippen LogP contribution in [0.1, 0.15) is 38.1 Å². The molecule has 3 rings (SSSR count). The van der Waals surface area contributed by atoms with Crippen molar-refractivity contribution in [2.45, 2.75) is 6.92 Å². The molecule has 29 heavy (non-hydrogen) atoms. The number of methoxy groups -OCH3 is 1. The van der Waals surface area contributed by atoms with E-state index in [-0.39, 0.29) is 17.4 Å². The zero-order valence-corrected chi connectivity index (χ0v) is 15.9. The highest BCUT2D eigenvalue weighted by atomic mass is 16.5. The molecule has 7 heteroatoms. The number of ether oxygens (including phenoxy) is 1. The number of nitrogens with zero attached hydrogens (tertiary/aromatic N) is 1. The Kier molecular flexibility index (Phi) is 5.99. The summed E-state index contributed by atoms with van der Waals surface area (Å²) in [5, 5.41) is 5.88. The third kappa shape index (κ3) is 5.04. The Morgan fingerprint density at radius 3 is 1.93 bits per heavy atom. The van der Waals surface area contributed by atoms with Crippen molar-refractivity contribution in [2.75, 3.05) is 17.7 Å². The van der Waals surface area contributed by atoms with Crippen molar-refractivity contribution in [1.29, 1.82) is 0 Å². The van der Waals surface area contributed by atoms with Crippen LogP contribution in [0.3, 0.4) is 0 Å². The van der Waals surface area contributed by atoms with Crippen LogP contribution in [0, 0.1) is 0 Å². The van der Waals surface area contributed by atoms with E-state index in [0.717, 1.165) is 5.69 Å². The van der Waals surface area contributed by atoms with E-state index >= 15 is 0 Å². The largest absolute Gasteiger partial charge is 0.465 e. The van der Waals surface area contributed by atoms with Crippen LogP contribution in [-0.2, 0) is 4.74 Å². The van der Waals surface area contributed by atoms with Crippen LogP contribution in [-0.4, -0.2) is 29.8 Å². The Balaban J connectivity index is 1.62. The average molecular weight is 389 g/mol. The van der Waals surface area contributed by atoms with Gasteiger partial charge in [-0.05, 0) is 67.6 Å². The molecule has 0 aliphatic carbocycles. The highest BCUT2D eigenvalue weighted by molar-refractivity contribution is 6.03. The number of carbonyl (C=O) groups excluding carboxylic acids is 3. The van der Waals surface area contributed by atoms with Crippen molar-refractivity contribution < 1.29 is 19.1 Å². The molecule has 146 valence electrons. The third-order valence-corrected chi connectivity index (χ3v) is 4.14. The Labute approximate surface area is 167 Å². The van der Waals surface area contributed by atoms with Gasteiger partial charge in [0.15, 0.2) is 5.78 Å². The van der Waals surface area contributed by atoms with Gasteiger partial charge in [0.2, 0.25) is 0 Å². The van der Waals surface area contributed by atoms with Gasteiger partial charge in [-0.3, -0.25) is 9.59 Å². The Morgan fingerprint density at radius 2 is 1.38 bits per heavy atom. The molecule has 0 saturated heterocycles. The number of hydrogen-bond donors (Lipinski definition) is 2. The molecule has 0 aliphatic heterocycles. The summed E-state index contributed by atoms with van der Waals surface area (Å²) in [6.45, 7) is 1.49. The minimum Gasteiger partial charge on any atom is -0.465 e. The number of ketones is 1. The Hall–Kier alpha value is -4.00. The summed E-state index contributed by atoms with van der Waals surface area (Å²) in [6, 6.07) is 16.8. The molecule has 1 heterocycles. The van der Waals surface area contributed by atoms with Gasteiger partial charge in [0.25, 0.3) is 5.91 Å². The van der Waals surface area contributed by atoms with Crippen molar-refractivity contribution in [1.82, 2.24) is 4.98 Å². The van der Waals surface area contributed by atoms with Crippen LogP contribution in [0.5, 0.6) is 0 Å². The molecular weight excluding hydrogens is 370 g/mol. The van der Waals surface area contributed by atoms with Crippen LogP contribution in [0.15, 0.2) is 66.9 Å². The predicted molar refractivity (Wildman–Crippen MR) is 110 cm³/mol. The van der Waals surface area contributed by atoms with E-state index in [4.69, 9.17) is 0 Å². The molecule has 0 unspecified atom stereocenters. The molecule has 2 aromatic carbocycles. The zero-order valence-electron chi connectivity index (χ0n) is 15.9. The van der Waals surface area contributed by atoms with Crippen LogP contribution >= 0.6 is 0 Å². The summed E-state index contributed by atoms with van der Waals surface area (Å²) >= 11 is 0. The van der Waals surface area contributed by atoms with Crippen molar-refractivity contribution in [2.24, 2.45) is 0 Å². The number of Topliss-reactive ketones (excluding diaryl/α,β-unsaturated/α-hetero) is 1. The molecule has 2 N–H and O–H groups in total. The number of aromatic nitrogens is 1. The Bertz CT molecular complexity index is 1030. The maximum absolute atomic E-state index is 12.3. The SMILES string of the molecule is COC(=O)c1ccc(Nc2ccc(C(=O)Nc3ccc(C(C)=O)cc3)nc2)cc1. The van der Waals surface area contributed by atoms with Crippen LogP contribution in [0.25, 0.3) is 0 Å². The number of pyridine rings is 1. The van der Waals surface area contributed by atoms with E-state index in [0.29, 0.717) is 22.5 Å². The van der Waals surface area contributed by atoms with Gasteiger partial charge in [0, 0.05) is 16.9 Å². The van der Waals surface area contributed by atoms with Crippen molar-refractivity contribution >= 4 is 34.7 Å². The topological polar surface area (TPSA) is 97.4 Å². The predicted octanol–water partition coefficient (Wildman–Crippen LogP) is 4.07. The lowest BCUT2D eigenvalue weighted by molar-refractivity contribution is 0.0600. The van der Waals surface area contributed by atoms with Gasteiger partial charge < -0.3 is 15.4 Å². The van der Waals surface area contributed by atoms with Crippen LogP contribution in [0.4, 0.5) is 17.1 Å². The van der Waals surface area contributed by atoms with Crippen molar-refractivity contribution in [3.63, 3.8) is 0 Å². The molecule has 1 aromatic heterocycles. The monoisotopic (exact) mass is 389 g/mol. The zero-order chi connectivity index (χ0) is 20.8. The van der Waals surface area contributed by atoms with Gasteiger partial charge in [-0.15, -0.1) is 0 Å². The fraction of sp³-hybridized carbons (Fsp3) is 0.0909. The normalized spacial score (nSPS) is 10.1. The average Bonchev–Trinajstić information content (AvgIpc) is 2.74. The number of rotatable bonds is 6. The number of nitrogens with one attached hydrogen (secondary N) is 2. The number of carbonyl (C=O) groups is 3. The first-order valence-electron chi connectivity index (χ1n) is 8.80. The Morgan fingerprint density at radius 1 is 0.793 bits per heavy atom. The first-order valence-corrected chi connectivity index (χ1v) is 8.80. The number of esters is 1. The molecule has 0 atom stereocenters. The minimum absolute atomic E-state index is 0.0347. The second-order valence-electron chi connectivity index (χ2n) is 6.21. The van der Waals surface area contributed by atoms with Gasteiger partial charge in [-0.2, -0.15) is 0 Å². The summed E-state index contributed by atoms with van der Waals surface area (Å²) in [5.41, 5.74) is 3.33. The van der Waals surface area contributed by atoms with Crippen molar-refractivity contribution in [3.05, 3.63) is 83.7 Å². The van der Waals surface area contributed by atoms with Gasteiger partial charge in [0.1, 0.15) is 5.69 Å². The number of amides is 1. The van der Waals surface area contributed by atoms with E-state index in [2.05, 4.69) is 20.4 Å². The highest BCUT2D eigenvalue weighted by Gasteiger charge is 2.09. The lowest BCUT2D eigenvalue weighted by Crippen LogP contribution is -2.13.